The first-order valence-electron chi connectivity index (χ1n) is 9.90. The second-order valence-corrected chi connectivity index (χ2v) is 9.66. The van der Waals surface area contributed by atoms with Crippen LogP contribution in [0.1, 0.15) is 12.0 Å². The molecule has 0 spiro atoms. The van der Waals surface area contributed by atoms with Crippen LogP contribution in [0.25, 0.3) is 0 Å². The van der Waals surface area contributed by atoms with Crippen molar-refractivity contribution in [2.75, 3.05) is 29.2 Å². The summed E-state index contributed by atoms with van der Waals surface area (Å²) in [6.45, 7) is 5.74. The Morgan fingerprint density at radius 1 is 1.03 bits per heavy atom. The highest BCUT2D eigenvalue weighted by atomic mass is 32.2. The minimum Gasteiger partial charge on any atom is -0.334 e. The summed E-state index contributed by atoms with van der Waals surface area (Å²) in [5.41, 5.74) is 1.97. The lowest BCUT2D eigenvalue weighted by Gasteiger charge is -2.18. The molecule has 0 aliphatic carbocycles. The van der Waals surface area contributed by atoms with E-state index >= 15 is 0 Å². The average molecular weight is 477 g/mol. The van der Waals surface area contributed by atoms with Crippen molar-refractivity contribution in [2.45, 2.75) is 24.3 Å². The molecule has 3 amide bonds. The van der Waals surface area contributed by atoms with E-state index in [9.17, 15) is 18.0 Å². The molecule has 0 aromatic heterocycles. The van der Waals surface area contributed by atoms with Gasteiger partial charge in [0, 0.05) is 17.9 Å². The lowest BCUT2D eigenvalue weighted by molar-refractivity contribution is -0.117. The Hall–Kier alpha value is -2.82. The minimum absolute atomic E-state index is 0.107. The lowest BCUT2D eigenvalue weighted by Crippen LogP contribution is -2.44. The smallest absolute Gasteiger partial charge is 0.319 e. The molecule has 0 saturated heterocycles. The van der Waals surface area contributed by atoms with Gasteiger partial charge in [0.05, 0.1) is 4.90 Å². The number of urea groups is 1. The molecule has 172 valence electrons. The number of rotatable bonds is 11. The Labute approximate surface area is 193 Å². The van der Waals surface area contributed by atoms with Crippen molar-refractivity contribution in [3.05, 3.63) is 66.7 Å². The quantitative estimate of drug-likeness (QED) is 0.371. The summed E-state index contributed by atoms with van der Waals surface area (Å²) in [6.07, 6.45) is 3.79. The highest BCUT2D eigenvalue weighted by Crippen LogP contribution is 2.16. The molecule has 0 bridgehead atoms. The van der Waals surface area contributed by atoms with Crippen LogP contribution in [0.3, 0.4) is 0 Å². The predicted molar refractivity (Wildman–Crippen MR) is 131 cm³/mol. The zero-order valence-electron chi connectivity index (χ0n) is 18.1. The van der Waals surface area contributed by atoms with Gasteiger partial charge >= 0.3 is 6.03 Å². The Morgan fingerprint density at radius 2 is 1.62 bits per heavy atom. The fourth-order valence-electron chi connectivity index (χ4n) is 2.66. The summed E-state index contributed by atoms with van der Waals surface area (Å²) < 4.78 is 28.0. The molecule has 1 unspecified atom stereocenters. The van der Waals surface area contributed by atoms with Gasteiger partial charge in [-0.1, -0.05) is 23.8 Å². The molecule has 4 N–H and O–H groups in total. The maximum atomic E-state index is 12.8. The molecule has 1 atom stereocenters. The molecule has 0 radical (unpaired) electrons. The average Bonchev–Trinajstić information content (AvgIpc) is 2.76. The van der Waals surface area contributed by atoms with Crippen LogP contribution >= 0.6 is 11.8 Å². The number of hydrogen-bond acceptors (Lipinski definition) is 5. The van der Waals surface area contributed by atoms with Crippen molar-refractivity contribution in [3.8, 4) is 0 Å². The van der Waals surface area contributed by atoms with Crippen LogP contribution in [0, 0.1) is 6.92 Å². The number of sulfonamides is 1. The molecule has 0 aliphatic rings. The summed E-state index contributed by atoms with van der Waals surface area (Å²) in [5.74, 6) is 0.149. The van der Waals surface area contributed by atoms with Gasteiger partial charge in [-0.3, -0.25) is 4.79 Å². The van der Waals surface area contributed by atoms with Crippen molar-refractivity contribution in [2.24, 2.45) is 0 Å². The Kier molecular flexibility index (Phi) is 9.76. The number of anilines is 2. The van der Waals surface area contributed by atoms with Crippen molar-refractivity contribution >= 4 is 45.1 Å². The maximum Gasteiger partial charge on any atom is 0.319 e. The largest absolute Gasteiger partial charge is 0.334 e. The Morgan fingerprint density at radius 3 is 2.19 bits per heavy atom. The van der Waals surface area contributed by atoms with Crippen LogP contribution in [0.15, 0.2) is 66.1 Å². The molecule has 2 rings (SSSR count). The first-order valence-corrected chi connectivity index (χ1v) is 12.8. The van der Waals surface area contributed by atoms with E-state index < -0.39 is 22.0 Å². The predicted octanol–water partition coefficient (Wildman–Crippen LogP) is 3.34. The van der Waals surface area contributed by atoms with Crippen molar-refractivity contribution < 1.29 is 18.0 Å². The SMILES string of the molecule is C=CCNC(=O)Nc1ccc(NC(=O)C(CCSC)NS(=O)(=O)c2ccc(C)cc2)cc1. The van der Waals surface area contributed by atoms with Gasteiger partial charge < -0.3 is 16.0 Å². The molecular weight excluding hydrogens is 448 g/mol. The summed E-state index contributed by atoms with van der Waals surface area (Å²) in [4.78, 5) is 24.6. The van der Waals surface area contributed by atoms with Crippen molar-refractivity contribution in [1.29, 1.82) is 0 Å². The van der Waals surface area contributed by atoms with Crippen LogP contribution in [0.4, 0.5) is 16.2 Å². The third kappa shape index (κ3) is 8.03. The van der Waals surface area contributed by atoms with E-state index in [2.05, 4.69) is 27.3 Å². The van der Waals surface area contributed by atoms with Gasteiger partial charge in [0.25, 0.3) is 0 Å². The molecule has 0 heterocycles. The number of aryl methyl sites for hydroxylation is 1. The van der Waals surface area contributed by atoms with Gasteiger partial charge in [0.1, 0.15) is 6.04 Å². The molecule has 2 aromatic rings. The van der Waals surface area contributed by atoms with E-state index in [1.54, 1.807) is 42.5 Å². The Bertz CT molecular complexity index is 1020. The monoisotopic (exact) mass is 476 g/mol. The molecule has 8 nitrogen and oxygen atoms in total. The second-order valence-electron chi connectivity index (χ2n) is 6.96. The first kappa shape index (κ1) is 25.4. The normalized spacial score (nSPS) is 11.9. The minimum atomic E-state index is -3.85. The van der Waals surface area contributed by atoms with Gasteiger partial charge in [-0.25, -0.2) is 13.2 Å². The van der Waals surface area contributed by atoms with Crippen LogP contribution in [0.5, 0.6) is 0 Å². The van der Waals surface area contributed by atoms with Crippen molar-refractivity contribution in [1.82, 2.24) is 10.0 Å². The summed E-state index contributed by atoms with van der Waals surface area (Å²) in [6, 6.07) is 11.7. The number of carbonyl (C=O) groups excluding carboxylic acids is 2. The van der Waals surface area contributed by atoms with E-state index in [-0.39, 0.29) is 10.9 Å². The molecule has 0 fully saturated rings. The third-order valence-corrected chi connectivity index (χ3v) is 6.50. The van der Waals surface area contributed by atoms with E-state index in [4.69, 9.17) is 0 Å². The number of thioether (sulfide) groups is 1. The fourth-order valence-corrected chi connectivity index (χ4v) is 4.36. The summed E-state index contributed by atoms with van der Waals surface area (Å²) in [5, 5.41) is 7.98. The molecule has 0 saturated carbocycles. The highest BCUT2D eigenvalue weighted by molar-refractivity contribution is 7.98. The van der Waals surface area contributed by atoms with Gasteiger partial charge in [-0.05, 0) is 61.8 Å². The topological polar surface area (TPSA) is 116 Å². The van der Waals surface area contributed by atoms with E-state index in [1.165, 1.54) is 23.9 Å². The Balaban J connectivity index is 2.06. The highest BCUT2D eigenvalue weighted by Gasteiger charge is 2.25. The number of nitrogens with one attached hydrogen (secondary N) is 4. The number of carbonyl (C=O) groups is 2. The van der Waals surface area contributed by atoms with Crippen LogP contribution in [0.2, 0.25) is 0 Å². The zero-order chi connectivity index (χ0) is 23.6. The summed E-state index contributed by atoms with van der Waals surface area (Å²) >= 11 is 1.52. The number of amides is 3. The van der Waals surface area contributed by atoms with Gasteiger partial charge in [0.15, 0.2) is 0 Å². The molecular formula is C22H28N4O4S2. The van der Waals surface area contributed by atoms with E-state index in [0.29, 0.717) is 30.1 Å². The van der Waals surface area contributed by atoms with Gasteiger partial charge in [0.2, 0.25) is 15.9 Å². The van der Waals surface area contributed by atoms with Gasteiger partial charge in [-0.15, -0.1) is 6.58 Å². The second kappa shape index (κ2) is 12.3. The van der Waals surface area contributed by atoms with Crippen LogP contribution in [-0.4, -0.2) is 45.0 Å². The van der Waals surface area contributed by atoms with E-state index in [0.717, 1.165) is 5.56 Å². The molecule has 0 aliphatic heterocycles. The number of hydrogen-bond donors (Lipinski definition) is 4. The summed E-state index contributed by atoms with van der Waals surface area (Å²) in [7, 11) is -3.85. The van der Waals surface area contributed by atoms with Crippen LogP contribution < -0.4 is 20.7 Å². The maximum absolute atomic E-state index is 12.8. The lowest BCUT2D eigenvalue weighted by atomic mass is 10.2. The zero-order valence-corrected chi connectivity index (χ0v) is 19.7. The standard InChI is InChI=1S/C22H28N4O4S2/c1-4-14-23-22(28)25-18-9-7-17(8-10-18)24-21(27)20(13-15-31-3)26-32(29,30)19-11-5-16(2)6-12-19/h4-12,20,26H,1,13-15H2,2-3H3,(H,24,27)(H2,23,25,28). The van der Waals surface area contributed by atoms with Crippen molar-refractivity contribution in [3.63, 3.8) is 0 Å². The molecule has 2 aromatic carbocycles. The fraction of sp³-hybridized carbons (Fsp3) is 0.273. The van der Waals surface area contributed by atoms with E-state index in [1.807, 2.05) is 13.2 Å². The molecule has 10 heteroatoms. The third-order valence-electron chi connectivity index (χ3n) is 4.37. The first-order chi connectivity index (χ1) is 15.2. The van der Waals surface area contributed by atoms with Crippen LogP contribution in [-0.2, 0) is 14.8 Å². The van der Waals surface area contributed by atoms with Gasteiger partial charge in [-0.2, -0.15) is 16.5 Å². The molecule has 32 heavy (non-hydrogen) atoms. The number of benzene rings is 2.